The molecular weight excluding hydrogens is 172 g/mol. The van der Waals surface area contributed by atoms with Crippen molar-refractivity contribution in [2.24, 2.45) is 0 Å². The quantitative estimate of drug-likeness (QED) is 0.764. The number of allylic oxidation sites excluding steroid dienone is 2. The Morgan fingerprint density at radius 2 is 2.07 bits per heavy atom. The summed E-state index contributed by atoms with van der Waals surface area (Å²) in [6.45, 7) is 3.01. The summed E-state index contributed by atoms with van der Waals surface area (Å²) in [5, 5.41) is 2.06. The van der Waals surface area contributed by atoms with Gasteiger partial charge in [-0.15, -0.1) is 0 Å². The number of nitrogens with one attached hydrogen (secondary N) is 1. The van der Waals surface area contributed by atoms with Crippen molar-refractivity contribution in [3.8, 4) is 0 Å². The summed E-state index contributed by atoms with van der Waals surface area (Å²) in [7, 11) is 0. The molecule has 1 N–H and O–H groups in total. The predicted octanol–water partition coefficient (Wildman–Crippen LogP) is 2.71. The van der Waals surface area contributed by atoms with E-state index in [0.717, 1.165) is 12.2 Å². The summed E-state index contributed by atoms with van der Waals surface area (Å²) < 4.78 is 0. The molecule has 0 saturated carbocycles. The molecule has 2 nitrogen and oxygen atoms in total. The zero-order chi connectivity index (χ0) is 9.80. The van der Waals surface area contributed by atoms with Crippen LogP contribution in [-0.4, -0.2) is 11.6 Å². The zero-order valence-electron chi connectivity index (χ0n) is 8.27. The van der Waals surface area contributed by atoms with Crippen LogP contribution in [0, 0.1) is 6.92 Å². The van der Waals surface area contributed by atoms with Crippen molar-refractivity contribution in [1.82, 2.24) is 5.01 Å². The lowest BCUT2D eigenvalue weighted by Gasteiger charge is -2.23. The van der Waals surface area contributed by atoms with Crippen LogP contribution in [0.15, 0.2) is 48.7 Å². The molecule has 0 atom stereocenters. The smallest absolute Gasteiger partial charge is 0.0571 e. The topological polar surface area (TPSA) is 15.3 Å². The number of hydrogen-bond donors (Lipinski definition) is 1. The molecule has 2 rings (SSSR count). The molecule has 14 heavy (non-hydrogen) atoms. The molecule has 1 aromatic carbocycles. The van der Waals surface area contributed by atoms with E-state index in [2.05, 4.69) is 41.6 Å². The van der Waals surface area contributed by atoms with E-state index in [0.29, 0.717) is 0 Å². The first kappa shape index (κ1) is 8.88. The van der Waals surface area contributed by atoms with Gasteiger partial charge in [0.1, 0.15) is 0 Å². The van der Waals surface area contributed by atoms with Crippen LogP contribution in [0.3, 0.4) is 0 Å². The van der Waals surface area contributed by atoms with Crippen LogP contribution < -0.4 is 5.43 Å². The van der Waals surface area contributed by atoms with Crippen molar-refractivity contribution in [2.45, 2.75) is 6.92 Å². The molecule has 0 fully saturated rings. The van der Waals surface area contributed by atoms with Gasteiger partial charge in [-0.3, -0.25) is 10.4 Å². The van der Waals surface area contributed by atoms with Crippen molar-refractivity contribution < 1.29 is 0 Å². The Morgan fingerprint density at radius 1 is 1.21 bits per heavy atom. The van der Waals surface area contributed by atoms with Gasteiger partial charge in [-0.2, -0.15) is 0 Å². The molecular formula is C12H14N2. The van der Waals surface area contributed by atoms with Crippen LogP contribution in [0.1, 0.15) is 5.56 Å². The van der Waals surface area contributed by atoms with E-state index in [4.69, 9.17) is 0 Å². The number of rotatable bonds is 2. The Kier molecular flexibility index (Phi) is 2.54. The number of anilines is 1. The molecule has 0 spiro atoms. The SMILES string of the molecule is Cc1ccccc1NN1C=CC=CC1. The summed E-state index contributed by atoms with van der Waals surface area (Å²) in [6.07, 6.45) is 8.22. The fourth-order valence-electron chi connectivity index (χ4n) is 1.40. The molecule has 0 aliphatic carbocycles. The third kappa shape index (κ3) is 1.96. The third-order valence-electron chi connectivity index (χ3n) is 2.22. The van der Waals surface area contributed by atoms with E-state index < -0.39 is 0 Å². The van der Waals surface area contributed by atoms with E-state index in [1.807, 2.05) is 24.4 Å². The Labute approximate surface area is 84.5 Å². The summed E-state index contributed by atoms with van der Waals surface area (Å²) in [6, 6.07) is 8.28. The second kappa shape index (κ2) is 4.01. The third-order valence-corrected chi connectivity index (χ3v) is 2.22. The van der Waals surface area contributed by atoms with Gasteiger partial charge >= 0.3 is 0 Å². The zero-order valence-corrected chi connectivity index (χ0v) is 8.27. The number of hydrogen-bond acceptors (Lipinski definition) is 2. The van der Waals surface area contributed by atoms with Gasteiger partial charge in [0.05, 0.1) is 12.2 Å². The van der Waals surface area contributed by atoms with Crippen LogP contribution in [-0.2, 0) is 0 Å². The van der Waals surface area contributed by atoms with E-state index in [-0.39, 0.29) is 0 Å². The highest BCUT2D eigenvalue weighted by atomic mass is 15.5. The highest BCUT2D eigenvalue weighted by Gasteiger charge is 2.00. The molecule has 0 aromatic heterocycles. The monoisotopic (exact) mass is 186 g/mol. The van der Waals surface area contributed by atoms with Gasteiger partial charge in [-0.25, -0.2) is 0 Å². The van der Waals surface area contributed by atoms with E-state index >= 15 is 0 Å². The highest BCUT2D eigenvalue weighted by molar-refractivity contribution is 5.49. The van der Waals surface area contributed by atoms with Gasteiger partial charge in [-0.1, -0.05) is 30.4 Å². The lowest BCUT2D eigenvalue weighted by atomic mass is 10.2. The number of benzene rings is 1. The van der Waals surface area contributed by atoms with Crippen molar-refractivity contribution >= 4 is 5.69 Å². The fraction of sp³-hybridized carbons (Fsp3) is 0.167. The van der Waals surface area contributed by atoms with Crippen molar-refractivity contribution in [1.29, 1.82) is 0 Å². The number of para-hydroxylation sites is 1. The Bertz CT molecular complexity index is 366. The summed E-state index contributed by atoms with van der Waals surface area (Å²) in [5.41, 5.74) is 5.76. The second-order valence-corrected chi connectivity index (χ2v) is 3.35. The Balaban J connectivity index is 2.07. The molecule has 0 amide bonds. The van der Waals surface area contributed by atoms with Gasteiger partial charge in [0.2, 0.25) is 0 Å². The number of nitrogens with zero attached hydrogens (tertiary/aromatic N) is 1. The van der Waals surface area contributed by atoms with Gasteiger partial charge < -0.3 is 0 Å². The molecule has 2 heteroatoms. The highest BCUT2D eigenvalue weighted by Crippen LogP contribution is 2.14. The molecule has 0 saturated heterocycles. The molecule has 0 radical (unpaired) electrons. The number of aryl methyl sites for hydroxylation is 1. The molecule has 72 valence electrons. The molecule has 1 heterocycles. The maximum absolute atomic E-state index is 3.34. The van der Waals surface area contributed by atoms with Crippen molar-refractivity contribution in [3.05, 3.63) is 54.3 Å². The normalized spacial score (nSPS) is 14.5. The minimum absolute atomic E-state index is 0.908. The first-order valence-corrected chi connectivity index (χ1v) is 4.78. The van der Waals surface area contributed by atoms with Gasteiger partial charge in [0, 0.05) is 6.20 Å². The average Bonchev–Trinajstić information content (AvgIpc) is 2.23. The van der Waals surface area contributed by atoms with Gasteiger partial charge in [-0.05, 0) is 24.6 Å². The maximum Gasteiger partial charge on any atom is 0.0571 e. The van der Waals surface area contributed by atoms with E-state index in [9.17, 15) is 0 Å². The number of hydrazine groups is 1. The van der Waals surface area contributed by atoms with E-state index in [1.54, 1.807) is 0 Å². The van der Waals surface area contributed by atoms with Crippen LogP contribution in [0.2, 0.25) is 0 Å². The predicted molar refractivity (Wildman–Crippen MR) is 59.8 cm³/mol. The fourth-order valence-corrected chi connectivity index (χ4v) is 1.40. The molecule has 1 aromatic rings. The lowest BCUT2D eigenvalue weighted by Crippen LogP contribution is -2.25. The van der Waals surface area contributed by atoms with Gasteiger partial charge in [0.15, 0.2) is 0 Å². The van der Waals surface area contributed by atoms with Crippen LogP contribution >= 0.6 is 0 Å². The summed E-state index contributed by atoms with van der Waals surface area (Å²) in [4.78, 5) is 0. The van der Waals surface area contributed by atoms with E-state index in [1.165, 1.54) is 5.56 Å². The minimum Gasteiger partial charge on any atom is -0.298 e. The first-order chi connectivity index (χ1) is 6.86. The summed E-state index contributed by atoms with van der Waals surface area (Å²) in [5.74, 6) is 0. The standard InChI is InChI=1S/C12H14N2/c1-11-7-3-4-8-12(11)13-14-9-5-2-6-10-14/h2-9,13H,10H2,1H3. The lowest BCUT2D eigenvalue weighted by molar-refractivity contribution is 0.494. The minimum atomic E-state index is 0.908. The average molecular weight is 186 g/mol. The summed E-state index contributed by atoms with van der Waals surface area (Å²) >= 11 is 0. The molecule has 1 aliphatic rings. The Morgan fingerprint density at radius 3 is 2.79 bits per heavy atom. The molecule has 1 aliphatic heterocycles. The van der Waals surface area contributed by atoms with Gasteiger partial charge in [0.25, 0.3) is 0 Å². The van der Waals surface area contributed by atoms with Crippen molar-refractivity contribution in [3.63, 3.8) is 0 Å². The van der Waals surface area contributed by atoms with Crippen molar-refractivity contribution in [2.75, 3.05) is 12.0 Å². The molecule has 0 bridgehead atoms. The largest absolute Gasteiger partial charge is 0.298 e. The van der Waals surface area contributed by atoms with Crippen LogP contribution in [0.5, 0.6) is 0 Å². The second-order valence-electron chi connectivity index (χ2n) is 3.35. The van der Waals surface area contributed by atoms with Crippen LogP contribution in [0.4, 0.5) is 5.69 Å². The Hall–Kier alpha value is -1.70. The first-order valence-electron chi connectivity index (χ1n) is 4.78. The van der Waals surface area contributed by atoms with Crippen LogP contribution in [0.25, 0.3) is 0 Å². The molecule has 0 unspecified atom stereocenters. The maximum atomic E-state index is 3.34.